The smallest absolute Gasteiger partial charge is 0.257 e. The molecule has 0 saturated carbocycles. The molecule has 0 bridgehead atoms. The number of nitrogens with one attached hydrogen (secondary N) is 2. The quantitative estimate of drug-likeness (QED) is 0.647. The van der Waals surface area contributed by atoms with E-state index in [0.29, 0.717) is 29.3 Å². The zero-order chi connectivity index (χ0) is 19.6. The first-order valence-corrected chi connectivity index (χ1v) is 9.16. The van der Waals surface area contributed by atoms with Crippen LogP contribution >= 0.6 is 11.6 Å². The highest BCUT2D eigenvalue weighted by molar-refractivity contribution is 6.32. The average Bonchev–Trinajstić information content (AvgIpc) is 2.97. The lowest BCUT2D eigenvalue weighted by molar-refractivity contribution is -0.123. The first-order chi connectivity index (χ1) is 12.9. The summed E-state index contributed by atoms with van der Waals surface area (Å²) < 4.78 is 19.5. The number of rotatable bonds is 6. The third kappa shape index (κ3) is 4.25. The molecule has 0 atom stereocenters. The fraction of sp³-hybridized carbons (Fsp3) is 0.286. The van der Waals surface area contributed by atoms with Crippen LogP contribution in [0.4, 0.5) is 4.39 Å². The predicted molar refractivity (Wildman–Crippen MR) is 106 cm³/mol. The lowest BCUT2D eigenvalue weighted by atomic mass is 10.0. The molecule has 1 aromatic heterocycles. The second-order valence-electron chi connectivity index (χ2n) is 6.67. The van der Waals surface area contributed by atoms with Gasteiger partial charge < -0.3 is 15.0 Å². The molecule has 3 rings (SSSR count). The van der Waals surface area contributed by atoms with E-state index in [-0.39, 0.29) is 18.3 Å². The van der Waals surface area contributed by atoms with Gasteiger partial charge in [-0.05, 0) is 62.1 Å². The van der Waals surface area contributed by atoms with E-state index < -0.39 is 0 Å². The molecule has 0 fully saturated rings. The number of halogens is 2. The SMILES string of the molecule is Cc1ccc(Cl)c(OCC(=O)NCCc2c(C)[nH]c3c(F)ccc(C)c23)c1. The summed E-state index contributed by atoms with van der Waals surface area (Å²) in [6.07, 6.45) is 0.604. The number of fused-ring (bicyclic) bond motifs is 1. The lowest BCUT2D eigenvalue weighted by Gasteiger charge is -2.10. The van der Waals surface area contributed by atoms with Gasteiger partial charge in [0.05, 0.1) is 10.5 Å². The number of hydrogen-bond acceptors (Lipinski definition) is 2. The molecule has 27 heavy (non-hydrogen) atoms. The van der Waals surface area contributed by atoms with Crippen molar-refractivity contribution in [2.75, 3.05) is 13.2 Å². The number of H-pyrrole nitrogens is 1. The average molecular weight is 389 g/mol. The summed E-state index contributed by atoms with van der Waals surface area (Å²) in [4.78, 5) is 15.2. The van der Waals surface area contributed by atoms with Crippen molar-refractivity contribution in [1.29, 1.82) is 0 Å². The van der Waals surface area contributed by atoms with Crippen molar-refractivity contribution in [3.8, 4) is 5.75 Å². The fourth-order valence-electron chi connectivity index (χ4n) is 3.20. The van der Waals surface area contributed by atoms with E-state index >= 15 is 0 Å². The van der Waals surface area contributed by atoms with Crippen LogP contribution < -0.4 is 10.1 Å². The molecule has 2 N–H and O–H groups in total. The highest BCUT2D eigenvalue weighted by Crippen LogP contribution is 2.28. The van der Waals surface area contributed by atoms with Gasteiger partial charge in [0.1, 0.15) is 11.6 Å². The fourth-order valence-corrected chi connectivity index (χ4v) is 3.37. The van der Waals surface area contributed by atoms with Crippen LogP contribution in [-0.4, -0.2) is 24.0 Å². The first-order valence-electron chi connectivity index (χ1n) is 8.78. The summed E-state index contributed by atoms with van der Waals surface area (Å²) in [5.74, 6) is -0.00391. The second-order valence-corrected chi connectivity index (χ2v) is 7.07. The number of carbonyl (C=O) groups is 1. The van der Waals surface area contributed by atoms with E-state index in [9.17, 15) is 9.18 Å². The van der Waals surface area contributed by atoms with Crippen molar-refractivity contribution < 1.29 is 13.9 Å². The van der Waals surface area contributed by atoms with Gasteiger partial charge in [-0.2, -0.15) is 0 Å². The van der Waals surface area contributed by atoms with E-state index in [1.54, 1.807) is 18.2 Å². The van der Waals surface area contributed by atoms with Crippen LogP contribution in [-0.2, 0) is 11.2 Å². The zero-order valence-electron chi connectivity index (χ0n) is 15.6. The monoisotopic (exact) mass is 388 g/mol. The summed E-state index contributed by atoms with van der Waals surface area (Å²) in [5.41, 5.74) is 4.47. The van der Waals surface area contributed by atoms with Gasteiger partial charge in [-0.15, -0.1) is 0 Å². The van der Waals surface area contributed by atoms with Gasteiger partial charge in [0.25, 0.3) is 5.91 Å². The molecule has 1 heterocycles. The number of aromatic amines is 1. The zero-order valence-corrected chi connectivity index (χ0v) is 16.3. The maximum Gasteiger partial charge on any atom is 0.257 e. The Kier molecular flexibility index (Phi) is 5.71. The molecule has 3 aromatic rings. The third-order valence-electron chi connectivity index (χ3n) is 4.57. The molecule has 0 aliphatic carbocycles. The summed E-state index contributed by atoms with van der Waals surface area (Å²) >= 11 is 6.06. The molecule has 0 aliphatic heterocycles. The van der Waals surface area contributed by atoms with Crippen molar-refractivity contribution in [2.24, 2.45) is 0 Å². The summed E-state index contributed by atoms with van der Waals surface area (Å²) in [7, 11) is 0. The molecule has 142 valence electrons. The number of aromatic nitrogens is 1. The minimum absolute atomic E-state index is 0.107. The van der Waals surface area contributed by atoms with E-state index in [2.05, 4.69) is 10.3 Å². The minimum atomic E-state index is -0.266. The van der Waals surface area contributed by atoms with Gasteiger partial charge in [-0.3, -0.25) is 4.79 Å². The molecule has 4 nitrogen and oxygen atoms in total. The predicted octanol–water partition coefficient (Wildman–Crippen LogP) is 4.62. The Morgan fingerprint density at radius 2 is 2.00 bits per heavy atom. The molecular weight excluding hydrogens is 367 g/mol. The largest absolute Gasteiger partial charge is 0.482 e. The van der Waals surface area contributed by atoms with E-state index in [0.717, 1.165) is 27.8 Å². The number of ether oxygens (including phenoxy) is 1. The Hall–Kier alpha value is -2.53. The van der Waals surface area contributed by atoms with Crippen LogP contribution in [0.5, 0.6) is 5.75 Å². The van der Waals surface area contributed by atoms with Gasteiger partial charge in [0.2, 0.25) is 0 Å². The maximum absolute atomic E-state index is 14.0. The second kappa shape index (κ2) is 8.01. The number of amides is 1. The van der Waals surface area contributed by atoms with Gasteiger partial charge in [0.15, 0.2) is 6.61 Å². The molecule has 0 spiro atoms. The van der Waals surface area contributed by atoms with Crippen molar-refractivity contribution in [1.82, 2.24) is 10.3 Å². The third-order valence-corrected chi connectivity index (χ3v) is 4.88. The highest BCUT2D eigenvalue weighted by atomic mass is 35.5. The van der Waals surface area contributed by atoms with E-state index in [1.807, 2.05) is 26.8 Å². The Bertz CT molecular complexity index is 998. The van der Waals surface area contributed by atoms with Crippen molar-refractivity contribution in [2.45, 2.75) is 27.2 Å². The molecule has 0 aliphatic rings. The number of benzene rings is 2. The van der Waals surface area contributed by atoms with Crippen LogP contribution in [0, 0.1) is 26.6 Å². The Morgan fingerprint density at radius 1 is 1.22 bits per heavy atom. The van der Waals surface area contributed by atoms with Crippen molar-refractivity contribution in [3.63, 3.8) is 0 Å². The van der Waals surface area contributed by atoms with E-state index in [1.165, 1.54) is 6.07 Å². The Labute approximate surface area is 162 Å². The topological polar surface area (TPSA) is 54.1 Å². The van der Waals surface area contributed by atoms with E-state index in [4.69, 9.17) is 16.3 Å². The van der Waals surface area contributed by atoms with Gasteiger partial charge in [0, 0.05) is 17.6 Å². The van der Waals surface area contributed by atoms with Crippen LogP contribution in [0.15, 0.2) is 30.3 Å². The summed E-state index contributed by atoms with van der Waals surface area (Å²) in [6.45, 7) is 6.13. The summed E-state index contributed by atoms with van der Waals surface area (Å²) in [5, 5.41) is 4.20. The van der Waals surface area contributed by atoms with Gasteiger partial charge in [-0.1, -0.05) is 23.7 Å². The standard InChI is InChI=1S/C21H22ClFN2O2/c1-12-4-6-16(22)18(10-12)27-11-19(26)24-9-8-15-14(3)25-21-17(23)7-5-13(2)20(15)21/h4-7,10,25H,8-9,11H2,1-3H3,(H,24,26). The molecule has 0 saturated heterocycles. The van der Waals surface area contributed by atoms with Crippen molar-refractivity contribution >= 4 is 28.4 Å². The highest BCUT2D eigenvalue weighted by Gasteiger charge is 2.14. The van der Waals surface area contributed by atoms with Crippen LogP contribution in [0.3, 0.4) is 0 Å². The lowest BCUT2D eigenvalue weighted by Crippen LogP contribution is -2.30. The molecular formula is C21H22ClFN2O2. The maximum atomic E-state index is 14.0. The molecule has 6 heteroatoms. The molecule has 1 amide bonds. The van der Waals surface area contributed by atoms with Crippen molar-refractivity contribution in [3.05, 3.63) is 63.6 Å². The summed E-state index contributed by atoms with van der Waals surface area (Å²) in [6, 6.07) is 8.65. The van der Waals surface area contributed by atoms with Gasteiger partial charge >= 0.3 is 0 Å². The van der Waals surface area contributed by atoms with Gasteiger partial charge in [-0.25, -0.2) is 4.39 Å². The minimum Gasteiger partial charge on any atom is -0.482 e. The van der Waals surface area contributed by atoms with Crippen LogP contribution in [0.25, 0.3) is 10.9 Å². The number of carbonyl (C=O) groups excluding carboxylic acids is 1. The molecule has 0 unspecified atom stereocenters. The molecule has 2 aromatic carbocycles. The Balaban J connectivity index is 1.59. The van der Waals surface area contributed by atoms with Crippen LogP contribution in [0.2, 0.25) is 5.02 Å². The number of aryl methyl sites for hydroxylation is 3. The number of hydrogen-bond donors (Lipinski definition) is 2. The Morgan fingerprint density at radius 3 is 2.78 bits per heavy atom. The van der Waals surface area contributed by atoms with Crippen LogP contribution in [0.1, 0.15) is 22.4 Å². The molecule has 0 radical (unpaired) electrons. The normalized spacial score (nSPS) is 11.0. The first kappa shape index (κ1) is 19.2.